The minimum absolute atomic E-state index is 0.0101. The summed E-state index contributed by atoms with van der Waals surface area (Å²) in [5.74, 6) is -0.0624. The highest BCUT2D eigenvalue weighted by molar-refractivity contribution is 5.78. The number of ether oxygens (including phenoxy) is 1. The van der Waals surface area contributed by atoms with E-state index in [9.17, 15) is 9.59 Å². The molecule has 21 heavy (non-hydrogen) atoms. The zero-order valence-corrected chi connectivity index (χ0v) is 13.9. The molecule has 0 radical (unpaired) electrons. The van der Waals surface area contributed by atoms with Crippen LogP contribution in [-0.2, 0) is 9.53 Å². The summed E-state index contributed by atoms with van der Waals surface area (Å²) in [6, 6.07) is 0.0156. The van der Waals surface area contributed by atoms with E-state index in [2.05, 4.69) is 0 Å². The van der Waals surface area contributed by atoms with E-state index in [0.29, 0.717) is 13.1 Å². The zero-order chi connectivity index (χ0) is 16.2. The number of hydrogen-bond donors (Lipinski definition) is 1. The molecule has 0 aliphatic carbocycles. The van der Waals surface area contributed by atoms with E-state index in [1.165, 1.54) is 0 Å². The molecule has 1 rings (SSSR count). The first kappa shape index (κ1) is 17.8. The summed E-state index contributed by atoms with van der Waals surface area (Å²) in [4.78, 5) is 27.7. The van der Waals surface area contributed by atoms with Crippen LogP contribution in [0.15, 0.2) is 0 Å². The molecular weight excluding hydrogens is 270 g/mol. The molecule has 6 nitrogen and oxygen atoms in total. The molecule has 0 aromatic rings. The molecule has 0 unspecified atom stereocenters. The second-order valence-electron chi connectivity index (χ2n) is 6.82. The van der Waals surface area contributed by atoms with Gasteiger partial charge >= 0.3 is 6.09 Å². The predicted molar refractivity (Wildman–Crippen MR) is 81.9 cm³/mol. The van der Waals surface area contributed by atoms with E-state index in [1.54, 1.807) is 9.80 Å². The Bertz CT molecular complexity index is 377. The van der Waals surface area contributed by atoms with E-state index in [-0.39, 0.29) is 30.6 Å². The fraction of sp³-hybridized carbons (Fsp3) is 0.867. The van der Waals surface area contributed by atoms with Crippen LogP contribution in [0.4, 0.5) is 4.79 Å². The van der Waals surface area contributed by atoms with Gasteiger partial charge in [0.2, 0.25) is 5.91 Å². The van der Waals surface area contributed by atoms with Crippen LogP contribution in [0.1, 0.15) is 47.5 Å². The first-order chi connectivity index (χ1) is 9.65. The van der Waals surface area contributed by atoms with Gasteiger partial charge in [-0.1, -0.05) is 0 Å². The van der Waals surface area contributed by atoms with Gasteiger partial charge < -0.3 is 20.3 Å². The van der Waals surface area contributed by atoms with E-state index in [1.807, 2.05) is 34.6 Å². The molecule has 1 aliphatic heterocycles. The van der Waals surface area contributed by atoms with Crippen molar-refractivity contribution in [2.24, 2.45) is 5.73 Å². The van der Waals surface area contributed by atoms with Crippen molar-refractivity contribution in [3.63, 3.8) is 0 Å². The van der Waals surface area contributed by atoms with Gasteiger partial charge in [0, 0.05) is 19.1 Å². The SMILES string of the molecule is CC(C)N(C(=O)OC(C)(C)C)[C@@H]1CCCN(C(=O)CN)C1. The summed E-state index contributed by atoms with van der Waals surface area (Å²) in [5, 5.41) is 0. The largest absolute Gasteiger partial charge is 0.444 e. The highest BCUT2D eigenvalue weighted by atomic mass is 16.6. The van der Waals surface area contributed by atoms with Crippen LogP contribution in [0, 0.1) is 0 Å². The molecule has 1 aliphatic rings. The molecule has 0 spiro atoms. The summed E-state index contributed by atoms with van der Waals surface area (Å²) < 4.78 is 5.50. The minimum atomic E-state index is -0.522. The minimum Gasteiger partial charge on any atom is -0.444 e. The Labute approximate surface area is 127 Å². The van der Waals surface area contributed by atoms with E-state index in [0.717, 1.165) is 12.8 Å². The molecule has 0 bridgehead atoms. The lowest BCUT2D eigenvalue weighted by Crippen LogP contribution is -2.55. The van der Waals surface area contributed by atoms with Crippen LogP contribution < -0.4 is 5.73 Å². The third-order valence-electron chi connectivity index (χ3n) is 3.48. The van der Waals surface area contributed by atoms with Gasteiger partial charge in [0.1, 0.15) is 5.60 Å². The molecule has 6 heteroatoms. The lowest BCUT2D eigenvalue weighted by molar-refractivity contribution is -0.132. The summed E-state index contributed by atoms with van der Waals surface area (Å²) in [6.07, 6.45) is 1.44. The quantitative estimate of drug-likeness (QED) is 0.858. The summed E-state index contributed by atoms with van der Waals surface area (Å²) in [5.41, 5.74) is 4.91. The van der Waals surface area contributed by atoms with Gasteiger partial charge in [-0.3, -0.25) is 4.79 Å². The van der Waals surface area contributed by atoms with Crippen molar-refractivity contribution in [2.75, 3.05) is 19.6 Å². The smallest absolute Gasteiger partial charge is 0.410 e. The maximum Gasteiger partial charge on any atom is 0.410 e. The van der Waals surface area contributed by atoms with E-state index >= 15 is 0 Å². The Morgan fingerprint density at radius 1 is 1.38 bits per heavy atom. The third kappa shape index (κ3) is 5.19. The van der Waals surface area contributed by atoms with Crippen LogP contribution in [0.3, 0.4) is 0 Å². The molecule has 1 heterocycles. The van der Waals surface area contributed by atoms with Crippen molar-refractivity contribution in [3.05, 3.63) is 0 Å². The van der Waals surface area contributed by atoms with Gasteiger partial charge in [0.25, 0.3) is 0 Å². The molecule has 1 saturated heterocycles. The average molecular weight is 299 g/mol. The second-order valence-corrected chi connectivity index (χ2v) is 6.82. The van der Waals surface area contributed by atoms with Gasteiger partial charge in [0.05, 0.1) is 12.6 Å². The first-order valence-corrected chi connectivity index (χ1v) is 7.65. The maximum atomic E-state index is 12.4. The molecule has 122 valence electrons. The summed E-state index contributed by atoms with van der Waals surface area (Å²) in [7, 11) is 0. The number of carbonyl (C=O) groups excluding carboxylic acids is 2. The number of carbonyl (C=O) groups is 2. The van der Waals surface area contributed by atoms with Crippen molar-refractivity contribution in [1.29, 1.82) is 0 Å². The Morgan fingerprint density at radius 2 is 2.00 bits per heavy atom. The van der Waals surface area contributed by atoms with Crippen molar-refractivity contribution in [3.8, 4) is 0 Å². The average Bonchev–Trinajstić information content (AvgIpc) is 2.35. The fourth-order valence-corrected chi connectivity index (χ4v) is 2.63. The van der Waals surface area contributed by atoms with Gasteiger partial charge in [0.15, 0.2) is 0 Å². The summed E-state index contributed by atoms with van der Waals surface area (Å²) >= 11 is 0. The van der Waals surface area contributed by atoms with Gasteiger partial charge in [-0.05, 0) is 47.5 Å². The lowest BCUT2D eigenvalue weighted by Gasteiger charge is -2.41. The molecule has 0 saturated carbocycles. The third-order valence-corrected chi connectivity index (χ3v) is 3.48. The Morgan fingerprint density at radius 3 is 2.48 bits per heavy atom. The van der Waals surface area contributed by atoms with Crippen molar-refractivity contribution >= 4 is 12.0 Å². The lowest BCUT2D eigenvalue weighted by atomic mass is 10.0. The number of nitrogens with zero attached hydrogens (tertiary/aromatic N) is 2. The topological polar surface area (TPSA) is 75.9 Å². The highest BCUT2D eigenvalue weighted by Crippen LogP contribution is 2.21. The van der Waals surface area contributed by atoms with Crippen LogP contribution in [0.25, 0.3) is 0 Å². The van der Waals surface area contributed by atoms with Crippen molar-refractivity contribution in [1.82, 2.24) is 9.80 Å². The summed E-state index contributed by atoms with van der Waals surface area (Å²) in [6.45, 7) is 10.8. The standard InChI is InChI=1S/C15H29N3O3/c1-11(2)18(14(20)21-15(3,4)5)12-7-6-8-17(10-12)13(19)9-16/h11-12H,6-10,16H2,1-5H3/t12-/m1/s1. The van der Waals surface area contributed by atoms with Crippen LogP contribution in [-0.4, -0.2) is 59.1 Å². The molecule has 0 aromatic carbocycles. The highest BCUT2D eigenvalue weighted by Gasteiger charge is 2.34. The van der Waals surface area contributed by atoms with Gasteiger partial charge in [-0.25, -0.2) is 4.79 Å². The maximum absolute atomic E-state index is 12.4. The van der Waals surface area contributed by atoms with Crippen LogP contribution >= 0.6 is 0 Å². The van der Waals surface area contributed by atoms with Crippen molar-refractivity contribution < 1.29 is 14.3 Å². The molecule has 0 aromatic heterocycles. The molecule has 1 atom stereocenters. The van der Waals surface area contributed by atoms with Crippen LogP contribution in [0.2, 0.25) is 0 Å². The number of hydrogen-bond acceptors (Lipinski definition) is 4. The number of amides is 2. The molecular formula is C15H29N3O3. The number of piperidine rings is 1. The second kappa shape index (κ2) is 7.11. The first-order valence-electron chi connectivity index (χ1n) is 7.65. The number of likely N-dealkylation sites (tertiary alicyclic amines) is 1. The molecule has 1 fully saturated rings. The van der Waals surface area contributed by atoms with Gasteiger partial charge in [-0.15, -0.1) is 0 Å². The Balaban J connectivity index is 2.80. The zero-order valence-electron chi connectivity index (χ0n) is 13.9. The molecule has 2 N–H and O–H groups in total. The van der Waals surface area contributed by atoms with Gasteiger partial charge in [-0.2, -0.15) is 0 Å². The number of nitrogens with two attached hydrogens (primary N) is 1. The monoisotopic (exact) mass is 299 g/mol. The Kier molecular flexibility index (Phi) is 6.01. The predicted octanol–water partition coefficient (Wildman–Crippen LogP) is 1.58. The Hall–Kier alpha value is -1.30. The fourth-order valence-electron chi connectivity index (χ4n) is 2.63. The number of rotatable bonds is 3. The molecule has 2 amide bonds. The normalized spacial score (nSPS) is 19.6. The van der Waals surface area contributed by atoms with Crippen molar-refractivity contribution in [2.45, 2.75) is 65.1 Å². The van der Waals surface area contributed by atoms with E-state index in [4.69, 9.17) is 10.5 Å². The van der Waals surface area contributed by atoms with E-state index < -0.39 is 5.60 Å². The van der Waals surface area contributed by atoms with Crippen LogP contribution in [0.5, 0.6) is 0 Å².